The van der Waals surface area contributed by atoms with E-state index in [1.807, 2.05) is 18.5 Å². The van der Waals surface area contributed by atoms with Crippen LogP contribution in [0, 0.1) is 5.92 Å². The van der Waals surface area contributed by atoms with Crippen molar-refractivity contribution in [2.45, 2.75) is 51.0 Å². The first-order valence-corrected chi connectivity index (χ1v) is 15.0. The van der Waals surface area contributed by atoms with Gasteiger partial charge in [-0.15, -0.1) is 0 Å². The van der Waals surface area contributed by atoms with Gasteiger partial charge in [0, 0.05) is 45.3 Å². The van der Waals surface area contributed by atoms with Gasteiger partial charge in [0.15, 0.2) is 0 Å². The molecule has 4 rings (SSSR count). The lowest BCUT2D eigenvalue weighted by atomic mass is 10.1. The summed E-state index contributed by atoms with van der Waals surface area (Å²) in [4.78, 5) is 25.8. The zero-order chi connectivity index (χ0) is 27.8. The standard InChI is InChI=1S/C27H38N4O7S/c1-3-23-25-24(6-4-14-36-15-5-11-28-26(25)32)31(29-23)18-20(2)19-38-27(33)21-7-9-22(10-8-21)39(34,35)30-12-16-37-17-13-30/h7-10,20H,3-6,11-19H2,1-2H3,(H,28,32)/t20-/m1/s1. The number of hydrogen-bond donors (Lipinski definition) is 1. The van der Waals surface area contributed by atoms with Crippen LogP contribution in [0.5, 0.6) is 0 Å². The zero-order valence-corrected chi connectivity index (χ0v) is 23.5. The number of carbonyl (C=O) groups is 2. The van der Waals surface area contributed by atoms with Crippen molar-refractivity contribution >= 4 is 21.9 Å². The highest BCUT2D eigenvalue weighted by atomic mass is 32.2. The second-order valence-corrected chi connectivity index (χ2v) is 11.8. The van der Waals surface area contributed by atoms with Crippen molar-refractivity contribution in [3.8, 4) is 0 Å². The van der Waals surface area contributed by atoms with Gasteiger partial charge in [-0.05, 0) is 49.9 Å². The van der Waals surface area contributed by atoms with Crippen molar-refractivity contribution in [3.63, 3.8) is 0 Å². The van der Waals surface area contributed by atoms with E-state index in [-0.39, 0.29) is 28.9 Å². The third-order valence-electron chi connectivity index (χ3n) is 6.83. The monoisotopic (exact) mass is 562 g/mol. The predicted molar refractivity (Wildman–Crippen MR) is 143 cm³/mol. The van der Waals surface area contributed by atoms with Gasteiger partial charge in [-0.2, -0.15) is 9.40 Å². The number of nitrogens with one attached hydrogen (secondary N) is 1. The number of hydrogen-bond acceptors (Lipinski definition) is 8. The summed E-state index contributed by atoms with van der Waals surface area (Å²) in [6.45, 7) is 7.73. The van der Waals surface area contributed by atoms with Crippen molar-refractivity contribution < 1.29 is 32.2 Å². The Bertz CT molecular complexity index is 1240. The third-order valence-corrected chi connectivity index (χ3v) is 8.74. The van der Waals surface area contributed by atoms with Crippen LogP contribution in [0.15, 0.2) is 29.2 Å². The van der Waals surface area contributed by atoms with Gasteiger partial charge in [0.05, 0.1) is 47.2 Å². The van der Waals surface area contributed by atoms with E-state index in [0.29, 0.717) is 71.0 Å². The number of aryl methyl sites for hydroxylation is 1. The molecule has 214 valence electrons. The van der Waals surface area contributed by atoms with Gasteiger partial charge in [0.1, 0.15) is 0 Å². The Morgan fingerprint density at radius 2 is 1.79 bits per heavy atom. The lowest BCUT2D eigenvalue weighted by Gasteiger charge is -2.26. The Morgan fingerprint density at radius 3 is 2.51 bits per heavy atom. The number of sulfonamides is 1. The first kappa shape index (κ1) is 29.2. The maximum absolute atomic E-state index is 12.9. The molecular formula is C27H38N4O7S. The van der Waals surface area contributed by atoms with Crippen molar-refractivity contribution in [1.29, 1.82) is 0 Å². The van der Waals surface area contributed by atoms with Crippen molar-refractivity contribution in [2.75, 3.05) is 52.7 Å². The normalized spacial score (nSPS) is 18.5. The largest absolute Gasteiger partial charge is 0.462 e. The number of morpholine rings is 1. The van der Waals surface area contributed by atoms with Crippen molar-refractivity contribution in [2.24, 2.45) is 5.92 Å². The summed E-state index contributed by atoms with van der Waals surface area (Å²) < 4.78 is 45.3. The van der Waals surface area contributed by atoms with Crippen LogP contribution in [-0.2, 0) is 43.6 Å². The maximum Gasteiger partial charge on any atom is 0.338 e. The number of carbonyl (C=O) groups excluding carboxylic acids is 2. The van der Waals surface area contributed by atoms with E-state index in [9.17, 15) is 18.0 Å². The number of benzene rings is 1. The van der Waals surface area contributed by atoms with Crippen LogP contribution in [0.2, 0.25) is 0 Å². The molecule has 2 aliphatic heterocycles. The summed E-state index contributed by atoms with van der Waals surface area (Å²) in [6, 6.07) is 5.80. The van der Waals surface area contributed by atoms with Gasteiger partial charge in [-0.3, -0.25) is 9.48 Å². The molecule has 39 heavy (non-hydrogen) atoms. The maximum atomic E-state index is 12.9. The topological polar surface area (TPSA) is 129 Å². The van der Waals surface area contributed by atoms with Crippen LogP contribution in [-0.4, -0.2) is 87.0 Å². The van der Waals surface area contributed by atoms with Crippen LogP contribution in [0.25, 0.3) is 0 Å². The smallest absolute Gasteiger partial charge is 0.338 e. The Labute approximate surface area is 229 Å². The van der Waals surface area contributed by atoms with E-state index in [1.165, 1.54) is 28.6 Å². The van der Waals surface area contributed by atoms with E-state index >= 15 is 0 Å². The second-order valence-electron chi connectivity index (χ2n) is 9.87. The van der Waals surface area contributed by atoms with E-state index in [4.69, 9.17) is 19.3 Å². The number of ether oxygens (including phenoxy) is 3. The highest BCUT2D eigenvalue weighted by Crippen LogP contribution is 2.21. The quantitative estimate of drug-likeness (QED) is 0.484. The fraction of sp³-hybridized carbons (Fsp3) is 0.593. The molecule has 0 aliphatic carbocycles. The Morgan fingerprint density at radius 1 is 1.10 bits per heavy atom. The van der Waals surface area contributed by atoms with Gasteiger partial charge in [-0.1, -0.05) is 13.8 Å². The van der Waals surface area contributed by atoms with Crippen molar-refractivity contribution in [3.05, 3.63) is 46.8 Å². The average molecular weight is 563 g/mol. The summed E-state index contributed by atoms with van der Waals surface area (Å²) >= 11 is 0. The molecule has 1 atom stereocenters. The predicted octanol–water partition coefficient (Wildman–Crippen LogP) is 2.04. The highest BCUT2D eigenvalue weighted by Gasteiger charge is 2.27. The number of nitrogens with zero attached hydrogens (tertiary/aromatic N) is 3. The summed E-state index contributed by atoms with van der Waals surface area (Å²) in [5.74, 6) is -0.697. The molecule has 1 aromatic heterocycles. The van der Waals surface area contributed by atoms with E-state index < -0.39 is 16.0 Å². The Hall–Kier alpha value is -2.80. The summed E-state index contributed by atoms with van der Waals surface area (Å²) in [5, 5.41) is 7.71. The number of fused-ring (bicyclic) bond motifs is 1. The number of amides is 1. The minimum atomic E-state index is -3.63. The Kier molecular flexibility index (Phi) is 10.1. The molecule has 12 heteroatoms. The molecule has 0 radical (unpaired) electrons. The van der Waals surface area contributed by atoms with Crippen LogP contribution in [0.1, 0.15) is 58.8 Å². The molecule has 0 saturated carbocycles. The van der Waals surface area contributed by atoms with Crippen LogP contribution >= 0.6 is 0 Å². The minimum Gasteiger partial charge on any atom is -0.462 e. The van der Waals surface area contributed by atoms with Gasteiger partial charge in [0.25, 0.3) is 5.91 Å². The van der Waals surface area contributed by atoms with E-state index in [1.54, 1.807) is 0 Å². The fourth-order valence-electron chi connectivity index (χ4n) is 4.72. The molecule has 2 aliphatic rings. The zero-order valence-electron chi connectivity index (χ0n) is 22.7. The first-order chi connectivity index (χ1) is 18.8. The van der Waals surface area contributed by atoms with Gasteiger partial charge >= 0.3 is 5.97 Å². The molecule has 2 aromatic rings. The van der Waals surface area contributed by atoms with E-state index in [2.05, 4.69) is 5.32 Å². The average Bonchev–Trinajstić information content (AvgIpc) is 3.28. The third kappa shape index (κ3) is 7.24. The molecule has 1 amide bonds. The summed E-state index contributed by atoms with van der Waals surface area (Å²) in [7, 11) is -3.63. The molecule has 1 aromatic carbocycles. The molecule has 1 fully saturated rings. The van der Waals surface area contributed by atoms with E-state index in [0.717, 1.165) is 24.2 Å². The molecule has 0 unspecified atom stereocenters. The van der Waals surface area contributed by atoms with Crippen LogP contribution < -0.4 is 5.32 Å². The molecule has 11 nitrogen and oxygen atoms in total. The molecule has 0 bridgehead atoms. The summed E-state index contributed by atoms with van der Waals surface area (Å²) in [6.07, 6.45) is 2.86. The SMILES string of the molecule is CCc1nn(C[C@@H](C)COC(=O)c2ccc(S(=O)(=O)N3CCOCC3)cc2)c2c1C(=O)NCCCOCCC2. The van der Waals surface area contributed by atoms with Gasteiger partial charge in [0.2, 0.25) is 10.0 Å². The molecular weight excluding hydrogens is 524 g/mol. The first-order valence-electron chi connectivity index (χ1n) is 13.6. The molecule has 3 heterocycles. The minimum absolute atomic E-state index is 0.0684. The van der Waals surface area contributed by atoms with Crippen LogP contribution in [0.4, 0.5) is 0 Å². The van der Waals surface area contributed by atoms with Gasteiger partial charge in [-0.25, -0.2) is 13.2 Å². The fourth-order valence-corrected chi connectivity index (χ4v) is 6.13. The number of rotatable bonds is 8. The van der Waals surface area contributed by atoms with Crippen LogP contribution in [0.3, 0.4) is 0 Å². The molecule has 1 saturated heterocycles. The van der Waals surface area contributed by atoms with Gasteiger partial charge < -0.3 is 19.5 Å². The Balaban J connectivity index is 1.38. The molecule has 1 N–H and O–H groups in total. The second kappa shape index (κ2) is 13.5. The lowest BCUT2D eigenvalue weighted by Crippen LogP contribution is -2.40. The summed E-state index contributed by atoms with van der Waals surface area (Å²) in [5.41, 5.74) is 2.57. The lowest BCUT2D eigenvalue weighted by molar-refractivity contribution is 0.0435. The number of aromatic nitrogens is 2. The van der Waals surface area contributed by atoms with Crippen molar-refractivity contribution in [1.82, 2.24) is 19.4 Å². The highest BCUT2D eigenvalue weighted by molar-refractivity contribution is 7.89. The molecule has 0 spiro atoms. The number of esters is 1.